The molecule has 0 bridgehead atoms. The van der Waals surface area contributed by atoms with Crippen LogP contribution in [0.5, 0.6) is 5.75 Å². The zero-order valence-electron chi connectivity index (χ0n) is 11.5. The minimum absolute atomic E-state index is 0.0889. The lowest BCUT2D eigenvalue weighted by Gasteiger charge is -2.19. The van der Waals surface area contributed by atoms with Crippen LogP contribution in [-0.4, -0.2) is 18.8 Å². The van der Waals surface area contributed by atoms with Gasteiger partial charge in [0, 0.05) is 0 Å². The maximum Gasteiger partial charge on any atom is 0.119 e. The van der Waals surface area contributed by atoms with Gasteiger partial charge in [-0.05, 0) is 44.9 Å². The highest BCUT2D eigenvalue weighted by atomic mass is 16.5. The average molecular weight is 236 g/mol. The van der Waals surface area contributed by atoms with E-state index in [1.807, 2.05) is 32.9 Å². The molecule has 2 heteroatoms. The lowest BCUT2D eigenvalue weighted by molar-refractivity contribution is -0.0163. The molecule has 0 aliphatic carbocycles. The van der Waals surface area contributed by atoms with Gasteiger partial charge in [-0.15, -0.1) is 0 Å². The molecular formula is C15H24O2. The third-order valence-electron chi connectivity index (χ3n) is 2.35. The fraction of sp³-hybridized carbons (Fsp3) is 0.600. The van der Waals surface area contributed by atoms with Gasteiger partial charge in [-0.3, -0.25) is 0 Å². The summed E-state index contributed by atoms with van der Waals surface area (Å²) in [7, 11) is 0. The average Bonchev–Trinajstić information content (AvgIpc) is 2.26. The Morgan fingerprint density at radius 3 is 2.18 bits per heavy atom. The predicted molar refractivity (Wildman–Crippen MR) is 71.6 cm³/mol. The van der Waals surface area contributed by atoms with Crippen LogP contribution in [0.2, 0.25) is 0 Å². The van der Waals surface area contributed by atoms with Crippen LogP contribution < -0.4 is 4.74 Å². The molecule has 1 aromatic carbocycles. The van der Waals surface area contributed by atoms with Gasteiger partial charge in [0.05, 0.1) is 12.2 Å². The van der Waals surface area contributed by atoms with Crippen molar-refractivity contribution in [1.82, 2.24) is 0 Å². The van der Waals surface area contributed by atoms with E-state index in [0.717, 1.165) is 12.2 Å². The van der Waals surface area contributed by atoms with E-state index in [1.165, 1.54) is 12.0 Å². The van der Waals surface area contributed by atoms with Gasteiger partial charge >= 0.3 is 0 Å². The van der Waals surface area contributed by atoms with Crippen molar-refractivity contribution in [3.05, 3.63) is 29.8 Å². The molecule has 0 amide bonds. The van der Waals surface area contributed by atoms with Crippen molar-refractivity contribution in [2.24, 2.45) is 0 Å². The Balaban J connectivity index is 2.27. The normalized spacial score (nSPS) is 11.5. The van der Waals surface area contributed by atoms with E-state index in [4.69, 9.17) is 9.47 Å². The van der Waals surface area contributed by atoms with Crippen molar-refractivity contribution in [1.29, 1.82) is 0 Å². The van der Waals surface area contributed by atoms with Crippen molar-refractivity contribution < 1.29 is 9.47 Å². The van der Waals surface area contributed by atoms with E-state index in [-0.39, 0.29) is 5.60 Å². The van der Waals surface area contributed by atoms with Crippen LogP contribution >= 0.6 is 0 Å². The molecule has 0 heterocycles. The molecule has 0 radical (unpaired) electrons. The van der Waals surface area contributed by atoms with Gasteiger partial charge in [0.2, 0.25) is 0 Å². The molecule has 0 fully saturated rings. The number of rotatable bonds is 6. The summed E-state index contributed by atoms with van der Waals surface area (Å²) < 4.78 is 11.2. The van der Waals surface area contributed by atoms with E-state index in [2.05, 4.69) is 19.1 Å². The number of aryl methyl sites for hydroxylation is 1. The lowest BCUT2D eigenvalue weighted by atomic mass is 10.1. The number of ether oxygens (including phenoxy) is 2. The van der Waals surface area contributed by atoms with Crippen molar-refractivity contribution >= 4 is 0 Å². The van der Waals surface area contributed by atoms with Crippen LogP contribution in [0.4, 0.5) is 0 Å². The minimum atomic E-state index is -0.0889. The summed E-state index contributed by atoms with van der Waals surface area (Å²) in [5.74, 6) is 0.919. The Kier molecular flexibility index (Phi) is 5.49. The van der Waals surface area contributed by atoms with Crippen molar-refractivity contribution in [3.63, 3.8) is 0 Å². The quantitative estimate of drug-likeness (QED) is 0.699. The van der Waals surface area contributed by atoms with Gasteiger partial charge < -0.3 is 9.47 Å². The summed E-state index contributed by atoms with van der Waals surface area (Å²) in [6.07, 6.45) is 2.31. The maximum atomic E-state index is 5.61. The molecule has 0 N–H and O–H groups in total. The third kappa shape index (κ3) is 6.32. The van der Waals surface area contributed by atoms with Crippen LogP contribution in [0.25, 0.3) is 0 Å². The van der Waals surface area contributed by atoms with Crippen molar-refractivity contribution in [2.75, 3.05) is 13.2 Å². The van der Waals surface area contributed by atoms with E-state index in [9.17, 15) is 0 Å². The molecular weight excluding hydrogens is 212 g/mol. The summed E-state index contributed by atoms with van der Waals surface area (Å²) in [4.78, 5) is 0. The zero-order valence-corrected chi connectivity index (χ0v) is 11.5. The Morgan fingerprint density at radius 2 is 1.65 bits per heavy atom. The zero-order chi connectivity index (χ0) is 12.7. The highest BCUT2D eigenvalue weighted by Crippen LogP contribution is 2.13. The van der Waals surface area contributed by atoms with E-state index in [1.54, 1.807) is 0 Å². The van der Waals surface area contributed by atoms with Gasteiger partial charge in [0.25, 0.3) is 0 Å². The molecule has 2 nitrogen and oxygen atoms in total. The molecule has 0 aliphatic rings. The lowest BCUT2D eigenvalue weighted by Crippen LogP contribution is -2.22. The first-order chi connectivity index (χ1) is 8.01. The number of benzene rings is 1. The largest absolute Gasteiger partial charge is 0.491 e. The molecule has 0 spiro atoms. The first-order valence-corrected chi connectivity index (χ1v) is 6.37. The SMILES string of the molecule is CCCc1ccc(OCCOC(C)(C)C)cc1. The van der Waals surface area contributed by atoms with Crippen LogP contribution in [-0.2, 0) is 11.2 Å². The molecule has 1 rings (SSSR count). The Labute approximate surface area is 105 Å². The molecule has 0 saturated heterocycles. The second kappa shape index (κ2) is 6.65. The molecule has 0 unspecified atom stereocenters. The molecule has 17 heavy (non-hydrogen) atoms. The van der Waals surface area contributed by atoms with Gasteiger partial charge in [-0.2, -0.15) is 0 Å². The summed E-state index contributed by atoms with van der Waals surface area (Å²) in [5, 5.41) is 0. The van der Waals surface area contributed by atoms with Crippen molar-refractivity contribution in [3.8, 4) is 5.75 Å². The monoisotopic (exact) mass is 236 g/mol. The number of hydrogen-bond donors (Lipinski definition) is 0. The fourth-order valence-corrected chi connectivity index (χ4v) is 1.55. The summed E-state index contributed by atoms with van der Waals surface area (Å²) in [6, 6.07) is 8.32. The second-order valence-corrected chi connectivity index (χ2v) is 5.20. The Bertz CT molecular complexity index is 309. The summed E-state index contributed by atoms with van der Waals surface area (Å²) in [6.45, 7) is 9.56. The first-order valence-electron chi connectivity index (χ1n) is 6.37. The molecule has 0 saturated carbocycles. The Morgan fingerprint density at radius 1 is 1.00 bits per heavy atom. The molecule has 96 valence electrons. The Hall–Kier alpha value is -1.02. The van der Waals surface area contributed by atoms with Crippen LogP contribution in [0.3, 0.4) is 0 Å². The second-order valence-electron chi connectivity index (χ2n) is 5.20. The smallest absolute Gasteiger partial charge is 0.119 e. The third-order valence-corrected chi connectivity index (χ3v) is 2.35. The van der Waals surface area contributed by atoms with E-state index in [0.29, 0.717) is 13.2 Å². The fourth-order valence-electron chi connectivity index (χ4n) is 1.55. The van der Waals surface area contributed by atoms with Gasteiger partial charge in [-0.25, -0.2) is 0 Å². The minimum Gasteiger partial charge on any atom is -0.491 e. The van der Waals surface area contributed by atoms with Crippen LogP contribution in [0.1, 0.15) is 39.7 Å². The first kappa shape index (κ1) is 14.0. The topological polar surface area (TPSA) is 18.5 Å². The maximum absolute atomic E-state index is 5.61. The number of hydrogen-bond acceptors (Lipinski definition) is 2. The van der Waals surface area contributed by atoms with E-state index < -0.39 is 0 Å². The predicted octanol–water partition coefficient (Wildman–Crippen LogP) is 3.83. The molecule has 0 atom stereocenters. The summed E-state index contributed by atoms with van der Waals surface area (Å²) >= 11 is 0. The molecule has 1 aromatic rings. The molecule has 0 aliphatic heterocycles. The highest BCUT2D eigenvalue weighted by Gasteiger charge is 2.09. The van der Waals surface area contributed by atoms with E-state index >= 15 is 0 Å². The van der Waals surface area contributed by atoms with Crippen LogP contribution in [0, 0.1) is 0 Å². The molecule has 0 aromatic heterocycles. The van der Waals surface area contributed by atoms with Gasteiger partial charge in [-0.1, -0.05) is 25.5 Å². The van der Waals surface area contributed by atoms with Gasteiger partial charge in [0.15, 0.2) is 0 Å². The van der Waals surface area contributed by atoms with Crippen LogP contribution in [0.15, 0.2) is 24.3 Å². The summed E-state index contributed by atoms with van der Waals surface area (Å²) in [5.41, 5.74) is 1.28. The highest BCUT2D eigenvalue weighted by molar-refractivity contribution is 5.27. The standard InChI is InChI=1S/C15H24O2/c1-5-6-13-7-9-14(10-8-13)16-11-12-17-15(2,3)4/h7-10H,5-6,11-12H2,1-4H3. The van der Waals surface area contributed by atoms with Crippen molar-refractivity contribution in [2.45, 2.75) is 46.1 Å². The van der Waals surface area contributed by atoms with Gasteiger partial charge in [0.1, 0.15) is 12.4 Å².